The first-order valence-electron chi connectivity index (χ1n) is 5.64. The number of nitrogens with two attached hydrogens (primary N) is 1. The van der Waals surface area contributed by atoms with Crippen LogP contribution in [0.2, 0.25) is 0 Å². The Kier molecular flexibility index (Phi) is 4.03. The van der Waals surface area contributed by atoms with Crippen LogP contribution in [0.1, 0.15) is 50.7 Å². The van der Waals surface area contributed by atoms with E-state index in [1.54, 1.807) is 6.07 Å². The molecule has 0 atom stereocenters. The van der Waals surface area contributed by atoms with E-state index >= 15 is 0 Å². The van der Waals surface area contributed by atoms with Gasteiger partial charge in [0.25, 0.3) is 0 Å². The molecule has 0 aliphatic carbocycles. The van der Waals surface area contributed by atoms with Gasteiger partial charge in [0.05, 0.1) is 5.30 Å². The zero-order valence-electron chi connectivity index (χ0n) is 10.6. The maximum atomic E-state index is 11.5. The van der Waals surface area contributed by atoms with Gasteiger partial charge in [0.2, 0.25) is 0 Å². The predicted octanol–water partition coefficient (Wildman–Crippen LogP) is 2.32. The van der Waals surface area contributed by atoms with E-state index in [0.717, 1.165) is 5.56 Å². The lowest BCUT2D eigenvalue weighted by molar-refractivity contribution is 0.387. The van der Waals surface area contributed by atoms with Crippen LogP contribution >= 0.6 is 7.60 Å². The summed E-state index contributed by atoms with van der Waals surface area (Å²) < 4.78 is 11.5. The molecule has 0 bridgehead atoms. The van der Waals surface area contributed by atoms with Gasteiger partial charge in [0.15, 0.2) is 0 Å². The highest BCUT2D eigenvalue weighted by Crippen LogP contribution is 2.40. The Hall–Kier alpha value is -0.830. The van der Waals surface area contributed by atoms with E-state index in [9.17, 15) is 14.4 Å². The highest BCUT2D eigenvalue weighted by atomic mass is 31.2. The zero-order valence-corrected chi connectivity index (χ0v) is 11.5. The van der Waals surface area contributed by atoms with Crippen LogP contribution in [0.25, 0.3) is 0 Å². The van der Waals surface area contributed by atoms with Crippen molar-refractivity contribution >= 4 is 18.6 Å². The van der Waals surface area contributed by atoms with Gasteiger partial charge in [-0.15, -0.1) is 0 Å². The topological polar surface area (TPSA) is 83.6 Å². The normalized spacial score (nSPS) is 12.5. The molecule has 0 radical (unpaired) electrons. The summed E-state index contributed by atoms with van der Waals surface area (Å²) in [6.45, 7) is 7.78. The number of anilines is 1. The van der Waals surface area contributed by atoms with Gasteiger partial charge in [-0.05, 0) is 35.1 Å². The largest absolute Gasteiger partial charge is 0.398 e. The van der Waals surface area contributed by atoms with Gasteiger partial charge in [-0.3, -0.25) is 4.57 Å². The van der Waals surface area contributed by atoms with E-state index in [4.69, 9.17) is 5.73 Å². The Labute approximate surface area is 102 Å². The zero-order chi connectivity index (χ0) is 13.4. The third-order valence-corrected chi connectivity index (χ3v) is 3.78. The number of benzene rings is 1. The Balaban J connectivity index is 3.66. The molecule has 0 aliphatic rings. The van der Waals surface area contributed by atoms with Crippen LogP contribution in [0.15, 0.2) is 12.1 Å². The minimum absolute atomic E-state index is 0.0264. The van der Waals surface area contributed by atoms with Crippen molar-refractivity contribution in [1.82, 2.24) is 0 Å². The van der Waals surface area contributed by atoms with Crippen molar-refractivity contribution < 1.29 is 14.4 Å². The molecule has 0 amide bonds. The Bertz CT molecular complexity index is 463. The van der Waals surface area contributed by atoms with Crippen LogP contribution in [-0.4, -0.2) is 9.79 Å². The standard InChI is InChI=1S/C12H20NO3P/c1-7(2)11-9(13)5-6-10(17(14,15)16)12(11)8(3)4/h5-8H,13H2,1-4H3,(H2,14,15,16). The van der Waals surface area contributed by atoms with Gasteiger partial charge in [-0.1, -0.05) is 27.7 Å². The second-order valence-corrected chi connectivity index (χ2v) is 6.42. The number of hydrogen-bond donors (Lipinski definition) is 3. The maximum absolute atomic E-state index is 11.5. The van der Waals surface area contributed by atoms with E-state index in [-0.39, 0.29) is 17.1 Å². The van der Waals surface area contributed by atoms with E-state index < -0.39 is 7.60 Å². The maximum Gasteiger partial charge on any atom is 0.356 e. The van der Waals surface area contributed by atoms with Gasteiger partial charge >= 0.3 is 7.60 Å². The lowest BCUT2D eigenvalue weighted by atomic mass is 9.89. The summed E-state index contributed by atoms with van der Waals surface area (Å²) in [4.78, 5) is 18.8. The van der Waals surface area contributed by atoms with Gasteiger partial charge in [-0.25, -0.2) is 0 Å². The van der Waals surface area contributed by atoms with Crippen molar-refractivity contribution in [2.24, 2.45) is 0 Å². The second-order valence-electron chi connectivity index (χ2n) is 4.85. The van der Waals surface area contributed by atoms with Crippen molar-refractivity contribution in [1.29, 1.82) is 0 Å². The minimum atomic E-state index is -4.25. The molecule has 4 nitrogen and oxygen atoms in total. The van der Waals surface area contributed by atoms with E-state index in [1.807, 2.05) is 27.7 Å². The highest BCUT2D eigenvalue weighted by Gasteiger charge is 2.27. The first-order valence-corrected chi connectivity index (χ1v) is 7.25. The van der Waals surface area contributed by atoms with Crippen LogP contribution < -0.4 is 11.0 Å². The Morgan fingerprint density at radius 2 is 1.53 bits per heavy atom. The molecule has 1 rings (SSSR count). The van der Waals surface area contributed by atoms with E-state index in [1.165, 1.54) is 6.07 Å². The molecule has 0 spiro atoms. The van der Waals surface area contributed by atoms with Crippen molar-refractivity contribution in [3.05, 3.63) is 23.3 Å². The molecule has 1 aromatic carbocycles. The van der Waals surface area contributed by atoms with Crippen molar-refractivity contribution in [3.63, 3.8) is 0 Å². The molecule has 0 aliphatic heterocycles. The fraction of sp³-hybridized carbons (Fsp3) is 0.500. The van der Waals surface area contributed by atoms with Crippen molar-refractivity contribution in [2.45, 2.75) is 39.5 Å². The molecule has 0 aromatic heterocycles. The average Bonchev–Trinajstić information content (AvgIpc) is 2.14. The number of rotatable bonds is 3. The van der Waals surface area contributed by atoms with Crippen LogP contribution in [0, 0.1) is 0 Å². The van der Waals surface area contributed by atoms with Gasteiger partial charge in [0, 0.05) is 5.69 Å². The molecule has 0 unspecified atom stereocenters. The molecular weight excluding hydrogens is 237 g/mol. The fourth-order valence-electron chi connectivity index (χ4n) is 2.15. The monoisotopic (exact) mass is 257 g/mol. The van der Waals surface area contributed by atoms with Crippen LogP contribution in [-0.2, 0) is 4.57 Å². The molecule has 0 saturated heterocycles. The SMILES string of the molecule is CC(C)c1c(N)ccc(P(=O)(O)O)c1C(C)C. The third-order valence-electron chi connectivity index (χ3n) is 2.77. The molecule has 0 heterocycles. The molecule has 17 heavy (non-hydrogen) atoms. The lowest BCUT2D eigenvalue weighted by Gasteiger charge is -2.22. The lowest BCUT2D eigenvalue weighted by Crippen LogP contribution is -2.17. The molecule has 0 saturated carbocycles. The van der Waals surface area contributed by atoms with Crippen LogP contribution in [0.3, 0.4) is 0 Å². The average molecular weight is 257 g/mol. The van der Waals surface area contributed by atoms with Crippen LogP contribution in [0.5, 0.6) is 0 Å². The minimum Gasteiger partial charge on any atom is -0.398 e. The first kappa shape index (κ1) is 14.2. The fourth-order valence-corrected chi connectivity index (χ4v) is 3.11. The summed E-state index contributed by atoms with van der Waals surface area (Å²) in [5.41, 5.74) is 8.05. The Morgan fingerprint density at radius 3 is 1.88 bits per heavy atom. The number of hydrogen-bond acceptors (Lipinski definition) is 2. The quantitative estimate of drug-likeness (QED) is 0.573. The summed E-state index contributed by atoms with van der Waals surface area (Å²) in [6.07, 6.45) is 0. The first-order chi connectivity index (χ1) is 7.66. The molecule has 1 aromatic rings. The van der Waals surface area contributed by atoms with Crippen LogP contribution in [0.4, 0.5) is 5.69 Å². The molecular formula is C12H20NO3P. The smallest absolute Gasteiger partial charge is 0.356 e. The summed E-state index contributed by atoms with van der Waals surface area (Å²) in [7, 11) is -4.25. The van der Waals surface area contributed by atoms with Gasteiger partial charge < -0.3 is 15.5 Å². The number of nitrogen functional groups attached to an aromatic ring is 1. The van der Waals surface area contributed by atoms with E-state index in [0.29, 0.717) is 11.3 Å². The second kappa shape index (κ2) is 4.81. The summed E-state index contributed by atoms with van der Waals surface area (Å²) >= 11 is 0. The molecule has 0 fully saturated rings. The molecule has 96 valence electrons. The van der Waals surface area contributed by atoms with Gasteiger partial charge in [0.1, 0.15) is 0 Å². The van der Waals surface area contributed by atoms with E-state index in [2.05, 4.69) is 0 Å². The highest BCUT2D eigenvalue weighted by molar-refractivity contribution is 7.60. The summed E-state index contributed by atoms with van der Waals surface area (Å²) in [5.74, 6) is 0.164. The Morgan fingerprint density at radius 1 is 1.06 bits per heavy atom. The van der Waals surface area contributed by atoms with Crippen molar-refractivity contribution in [2.75, 3.05) is 5.73 Å². The predicted molar refractivity (Wildman–Crippen MR) is 70.7 cm³/mol. The summed E-state index contributed by atoms with van der Waals surface area (Å²) in [6, 6.07) is 3.02. The van der Waals surface area contributed by atoms with Crippen molar-refractivity contribution in [3.8, 4) is 0 Å². The molecule has 4 N–H and O–H groups in total. The third kappa shape index (κ3) is 2.89. The molecule has 5 heteroatoms. The summed E-state index contributed by atoms with van der Waals surface area (Å²) in [5, 5.41) is 0.102. The van der Waals surface area contributed by atoms with Gasteiger partial charge in [-0.2, -0.15) is 0 Å².